The molecule has 3 aromatic rings. The summed E-state index contributed by atoms with van der Waals surface area (Å²) in [5.74, 6) is -0.914. The summed E-state index contributed by atoms with van der Waals surface area (Å²) in [4.78, 5) is 74.7. The van der Waals surface area contributed by atoms with Crippen molar-refractivity contribution in [3.8, 4) is 5.75 Å². The van der Waals surface area contributed by atoms with Crippen molar-refractivity contribution in [2.45, 2.75) is 181 Å². The molecule has 0 amide bonds. The standard InChI is InChI=1S/C22H34O5.2C20H30O4/c1-6-8-14-26-20(24)22(5,7-2)17-21(3,4)19(23)27-16-15-25-18-12-10-9-11-13-18;2*1-6-13-23-18(22)20(5,7-2)15-19(3,4)17(21)24-14-16-11-9-8-10-12-16/h9-13H,6-8,14-17H2,1-5H3;2*8-12H,6-7,13-15H2,1-5H3. The molecule has 3 atom stereocenters. The fourth-order valence-corrected chi connectivity index (χ4v) is 8.23. The lowest BCUT2D eigenvalue weighted by atomic mass is 9.72. The van der Waals surface area contributed by atoms with Crippen LogP contribution in [0.4, 0.5) is 0 Å². The number of para-hydroxylation sites is 1. The molecule has 13 heteroatoms. The summed E-state index contributed by atoms with van der Waals surface area (Å²) < 4.78 is 37.8. The number of rotatable bonds is 30. The number of carbonyl (C=O) groups is 6. The van der Waals surface area contributed by atoms with E-state index >= 15 is 0 Å². The Morgan fingerprint density at radius 3 is 0.973 bits per heavy atom. The van der Waals surface area contributed by atoms with Gasteiger partial charge in [-0.3, -0.25) is 28.8 Å². The lowest BCUT2D eigenvalue weighted by molar-refractivity contribution is -0.165. The second-order valence-corrected chi connectivity index (χ2v) is 22.1. The summed E-state index contributed by atoms with van der Waals surface area (Å²) >= 11 is 0. The van der Waals surface area contributed by atoms with E-state index in [9.17, 15) is 28.8 Å². The van der Waals surface area contributed by atoms with Crippen molar-refractivity contribution < 1.29 is 61.9 Å². The predicted molar refractivity (Wildman–Crippen MR) is 294 cm³/mol. The van der Waals surface area contributed by atoms with Crippen LogP contribution < -0.4 is 4.74 Å². The zero-order valence-corrected chi connectivity index (χ0v) is 48.5. The second-order valence-electron chi connectivity index (χ2n) is 22.1. The third-order valence-corrected chi connectivity index (χ3v) is 13.3. The van der Waals surface area contributed by atoms with Gasteiger partial charge in [0.25, 0.3) is 0 Å². The number of unbranched alkanes of at least 4 members (excludes halogenated alkanes) is 1. The Morgan fingerprint density at radius 2 is 0.653 bits per heavy atom. The minimum Gasteiger partial charge on any atom is -0.490 e. The highest BCUT2D eigenvalue weighted by atomic mass is 16.6. The number of hydrogen-bond donors (Lipinski definition) is 0. The normalized spacial score (nSPS) is 13.7. The average molecular weight is 1050 g/mol. The van der Waals surface area contributed by atoms with Crippen LogP contribution >= 0.6 is 0 Å². The minimum absolute atomic E-state index is 0.168. The largest absolute Gasteiger partial charge is 0.490 e. The Labute approximate surface area is 450 Å². The highest BCUT2D eigenvalue weighted by Gasteiger charge is 2.45. The summed E-state index contributed by atoms with van der Waals surface area (Å²) in [7, 11) is 0. The van der Waals surface area contributed by atoms with E-state index in [1.807, 2.05) is 181 Å². The van der Waals surface area contributed by atoms with Gasteiger partial charge in [0.1, 0.15) is 32.2 Å². The molecule has 3 unspecified atom stereocenters. The summed E-state index contributed by atoms with van der Waals surface area (Å²) in [5, 5.41) is 0. The fraction of sp³-hybridized carbons (Fsp3) is 0.613. The highest BCUT2D eigenvalue weighted by molar-refractivity contribution is 5.82. The highest BCUT2D eigenvalue weighted by Crippen LogP contribution is 2.41. The van der Waals surface area contributed by atoms with Gasteiger partial charge in [-0.15, -0.1) is 0 Å². The second kappa shape index (κ2) is 33.3. The summed E-state index contributed by atoms with van der Waals surface area (Å²) in [6, 6.07) is 28.5. The van der Waals surface area contributed by atoms with E-state index in [2.05, 4.69) is 0 Å². The average Bonchev–Trinajstić information content (AvgIpc) is 3.39. The quantitative estimate of drug-likeness (QED) is 0.0352. The lowest BCUT2D eigenvalue weighted by Crippen LogP contribution is -2.39. The molecule has 0 aliphatic carbocycles. The van der Waals surface area contributed by atoms with Crippen LogP contribution in [0.2, 0.25) is 0 Å². The molecule has 0 heterocycles. The van der Waals surface area contributed by atoms with Gasteiger partial charge in [0.05, 0.1) is 52.3 Å². The number of ether oxygens (including phenoxy) is 7. The molecule has 420 valence electrons. The van der Waals surface area contributed by atoms with E-state index in [1.54, 1.807) is 13.8 Å². The SMILES string of the molecule is CCCCOC(=O)C(C)(CC)CC(C)(C)C(=O)OCCOc1ccccc1.CCCOC(=O)C(C)(CC)CC(C)(C)C(=O)OCc1ccccc1.CCCOC(=O)C(C)(CC)CC(C)(C)C(=O)OCc1ccccc1. The zero-order valence-electron chi connectivity index (χ0n) is 48.5. The van der Waals surface area contributed by atoms with E-state index in [-0.39, 0.29) is 62.2 Å². The fourth-order valence-electron chi connectivity index (χ4n) is 8.23. The minimum atomic E-state index is -0.790. The van der Waals surface area contributed by atoms with Crippen molar-refractivity contribution in [2.75, 3.05) is 33.0 Å². The maximum atomic E-state index is 12.5. The maximum absolute atomic E-state index is 12.5. The number of hydrogen-bond acceptors (Lipinski definition) is 13. The van der Waals surface area contributed by atoms with Crippen molar-refractivity contribution in [3.05, 3.63) is 102 Å². The summed E-state index contributed by atoms with van der Waals surface area (Å²) in [6.45, 7) is 30.4. The van der Waals surface area contributed by atoms with Crippen LogP contribution in [-0.2, 0) is 70.4 Å². The Bertz CT molecular complexity index is 2040. The van der Waals surface area contributed by atoms with Gasteiger partial charge in [-0.25, -0.2) is 0 Å². The van der Waals surface area contributed by atoms with E-state index in [0.29, 0.717) is 58.3 Å². The predicted octanol–water partition coefficient (Wildman–Crippen LogP) is 13.8. The van der Waals surface area contributed by atoms with Gasteiger partial charge in [-0.2, -0.15) is 0 Å². The van der Waals surface area contributed by atoms with E-state index in [1.165, 1.54) is 0 Å². The Morgan fingerprint density at radius 1 is 0.347 bits per heavy atom. The molecule has 75 heavy (non-hydrogen) atoms. The summed E-state index contributed by atoms with van der Waals surface area (Å²) in [5.41, 5.74) is -2.51. The van der Waals surface area contributed by atoms with Gasteiger partial charge >= 0.3 is 35.8 Å². The van der Waals surface area contributed by atoms with Gasteiger partial charge in [0, 0.05) is 0 Å². The van der Waals surface area contributed by atoms with Gasteiger partial charge < -0.3 is 33.2 Å². The molecule has 0 aromatic heterocycles. The molecular weight excluding hydrogens is 953 g/mol. The van der Waals surface area contributed by atoms with Gasteiger partial charge in [0.2, 0.25) is 0 Å². The molecule has 0 bridgehead atoms. The van der Waals surface area contributed by atoms with Crippen molar-refractivity contribution >= 4 is 35.8 Å². The molecule has 0 N–H and O–H groups in total. The first-order valence-electron chi connectivity index (χ1n) is 27.0. The van der Waals surface area contributed by atoms with E-state index < -0.39 is 32.5 Å². The monoisotopic (exact) mass is 1050 g/mol. The maximum Gasteiger partial charge on any atom is 0.311 e. The topological polar surface area (TPSA) is 167 Å². The van der Waals surface area contributed by atoms with Crippen LogP contribution in [0.15, 0.2) is 91.0 Å². The molecule has 3 aromatic carbocycles. The number of benzene rings is 3. The van der Waals surface area contributed by atoms with Gasteiger partial charge in [-0.1, -0.05) is 127 Å². The lowest BCUT2D eigenvalue weighted by Gasteiger charge is -2.33. The molecule has 0 radical (unpaired) electrons. The van der Waals surface area contributed by atoms with Crippen LogP contribution in [0.1, 0.15) is 179 Å². The Hall–Kier alpha value is -5.72. The molecule has 0 aliphatic rings. The Balaban J connectivity index is 0.000000564. The molecular formula is C62H94O13. The van der Waals surface area contributed by atoms with Crippen LogP contribution in [0, 0.1) is 32.5 Å². The van der Waals surface area contributed by atoms with E-state index in [4.69, 9.17) is 33.2 Å². The van der Waals surface area contributed by atoms with Crippen molar-refractivity contribution in [3.63, 3.8) is 0 Å². The Kier molecular flexibility index (Phi) is 29.9. The van der Waals surface area contributed by atoms with Gasteiger partial charge in [0.15, 0.2) is 0 Å². The van der Waals surface area contributed by atoms with Crippen molar-refractivity contribution in [1.29, 1.82) is 0 Å². The first kappa shape index (κ1) is 67.3. The molecule has 13 nitrogen and oxygen atoms in total. The smallest absolute Gasteiger partial charge is 0.311 e. The van der Waals surface area contributed by atoms with Crippen molar-refractivity contribution in [1.82, 2.24) is 0 Å². The third-order valence-electron chi connectivity index (χ3n) is 13.3. The van der Waals surface area contributed by atoms with Crippen LogP contribution in [0.3, 0.4) is 0 Å². The molecule has 3 rings (SSSR count). The van der Waals surface area contributed by atoms with Crippen LogP contribution in [0.5, 0.6) is 5.75 Å². The molecule has 0 aliphatic heterocycles. The van der Waals surface area contributed by atoms with Crippen LogP contribution in [-0.4, -0.2) is 68.9 Å². The van der Waals surface area contributed by atoms with E-state index in [0.717, 1.165) is 42.6 Å². The third kappa shape index (κ3) is 24.2. The first-order valence-corrected chi connectivity index (χ1v) is 27.0. The molecule has 0 fully saturated rings. The van der Waals surface area contributed by atoms with Gasteiger partial charge in [-0.05, 0) is 143 Å². The summed E-state index contributed by atoms with van der Waals surface area (Å²) in [6.07, 6.45) is 6.39. The molecule has 0 saturated heterocycles. The zero-order chi connectivity index (χ0) is 56.8. The number of carbonyl (C=O) groups excluding carboxylic acids is 6. The number of esters is 6. The first-order chi connectivity index (χ1) is 35.2. The molecule has 0 spiro atoms. The van der Waals surface area contributed by atoms with Crippen LogP contribution in [0.25, 0.3) is 0 Å². The molecule has 0 saturated carbocycles. The van der Waals surface area contributed by atoms with Crippen molar-refractivity contribution in [2.24, 2.45) is 32.5 Å².